The van der Waals surface area contributed by atoms with E-state index in [0.717, 1.165) is 24.2 Å². The number of ether oxygens (including phenoxy) is 1. The van der Waals surface area contributed by atoms with E-state index in [2.05, 4.69) is 12.2 Å². The predicted molar refractivity (Wildman–Crippen MR) is 74.3 cm³/mol. The monoisotopic (exact) mass is 269 g/mol. The van der Waals surface area contributed by atoms with Crippen LogP contribution in [-0.2, 0) is 11.2 Å². The number of nitrogens with one attached hydrogen (secondary N) is 1. The van der Waals surface area contributed by atoms with Crippen molar-refractivity contribution >= 4 is 17.5 Å². The molecule has 0 aliphatic heterocycles. The second kappa shape index (κ2) is 7.98. The van der Waals surface area contributed by atoms with Gasteiger partial charge in [-0.15, -0.1) is 11.6 Å². The van der Waals surface area contributed by atoms with Gasteiger partial charge in [0.2, 0.25) is 5.91 Å². The molecule has 1 unspecified atom stereocenters. The highest BCUT2D eigenvalue weighted by Crippen LogP contribution is 2.17. The van der Waals surface area contributed by atoms with E-state index in [-0.39, 0.29) is 11.3 Å². The van der Waals surface area contributed by atoms with Crippen molar-refractivity contribution in [2.75, 3.05) is 13.7 Å². The maximum Gasteiger partial charge on any atom is 0.224 e. The largest absolute Gasteiger partial charge is 0.496 e. The predicted octanol–water partition coefficient (Wildman–Crippen LogP) is 2.76. The van der Waals surface area contributed by atoms with Gasteiger partial charge >= 0.3 is 0 Å². The number of halogens is 1. The minimum Gasteiger partial charge on any atom is -0.496 e. The Hall–Kier alpha value is -1.22. The summed E-state index contributed by atoms with van der Waals surface area (Å²) in [5.41, 5.74) is 0.888. The van der Waals surface area contributed by atoms with Gasteiger partial charge in [0, 0.05) is 12.1 Å². The number of benzene rings is 1. The smallest absolute Gasteiger partial charge is 0.224 e. The number of carbonyl (C=O) groups excluding carboxylic acids is 1. The Morgan fingerprint density at radius 2 is 2.17 bits per heavy atom. The summed E-state index contributed by atoms with van der Waals surface area (Å²) in [6.45, 7) is 2.59. The maximum absolute atomic E-state index is 11.8. The van der Waals surface area contributed by atoms with Crippen molar-refractivity contribution < 1.29 is 9.53 Å². The summed E-state index contributed by atoms with van der Waals surface area (Å²) in [7, 11) is 1.60. The Morgan fingerprint density at radius 1 is 1.44 bits per heavy atom. The third-order valence-corrected chi connectivity index (χ3v) is 3.04. The average molecular weight is 270 g/mol. The zero-order chi connectivity index (χ0) is 13.4. The number of hydrogen-bond donors (Lipinski definition) is 1. The van der Waals surface area contributed by atoms with Crippen molar-refractivity contribution in [1.82, 2.24) is 5.32 Å². The fraction of sp³-hybridized carbons (Fsp3) is 0.500. The first-order valence-corrected chi connectivity index (χ1v) is 6.63. The molecule has 1 aromatic carbocycles. The molecule has 0 aromatic heterocycles. The lowest BCUT2D eigenvalue weighted by Crippen LogP contribution is -2.31. The lowest BCUT2D eigenvalue weighted by atomic mass is 10.1. The molecular weight excluding hydrogens is 250 g/mol. The third kappa shape index (κ3) is 4.96. The molecule has 100 valence electrons. The van der Waals surface area contributed by atoms with Gasteiger partial charge in [-0.1, -0.05) is 31.5 Å². The normalized spacial score (nSPS) is 11.9. The van der Waals surface area contributed by atoms with Gasteiger partial charge in [0.05, 0.1) is 18.9 Å². The van der Waals surface area contributed by atoms with Crippen LogP contribution in [0, 0.1) is 0 Å². The molecule has 1 atom stereocenters. The molecule has 1 amide bonds. The molecule has 3 nitrogen and oxygen atoms in total. The molecule has 0 bridgehead atoms. The van der Waals surface area contributed by atoms with Crippen LogP contribution in [0.15, 0.2) is 24.3 Å². The second-order valence-corrected chi connectivity index (χ2v) is 4.80. The summed E-state index contributed by atoms with van der Waals surface area (Å²) in [5.74, 6) is 0.713. The van der Waals surface area contributed by atoms with E-state index in [0.29, 0.717) is 13.0 Å². The SMILES string of the molecule is CCCC(Cl)CNC(=O)Cc1ccccc1OC. The van der Waals surface area contributed by atoms with E-state index in [1.807, 2.05) is 24.3 Å². The van der Waals surface area contributed by atoms with Gasteiger partial charge in [0.25, 0.3) is 0 Å². The molecule has 1 aromatic rings. The number of rotatable bonds is 7. The van der Waals surface area contributed by atoms with Crippen LogP contribution < -0.4 is 10.1 Å². The van der Waals surface area contributed by atoms with Gasteiger partial charge in [-0.25, -0.2) is 0 Å². The highest BCUT2D eigenvalue weighted by molar-refractivity contribution is 6.20. The first kappa shape index (κ1) is 14.8. The van der Waals surface area contributed by atoms with Gasteiger partial charge < -0.3 is 10.1 Å². The number of para-hydroxylation sites is 1. The number of methoxy groups -OCH3 is 1. The Labute approximate surface area is 113 Å². The topological polar surface area (TPSA) is 38.3 Å². The van der Waals surface area contributed by atoms with E-state index in [9.17, 15) is 4.79 Å². The molecule has 0 saturated heterocycles. The fourth-order valence-electron chi connectivity index (χ4n) is 1.72. The quantitative estimate of drug-likeness (QED) is 0.773. The number of carbonyl (C=O) groups is 1. The third-order valence-electron chi connectivity index (χ3n) is 2.67. The molecule has 0 radical (unpaired) electrons. The van der Waals surface area contributed by atoms with Crippen LogP contribution in [0.2, 0.25) is 0 Å². The molecule has 0 spiro atoms. The first-order valence-electron chi connectivity index (χ1n) is 6.20. The summed E-state index contributed by atoms with van der Waals surface area (Å²) in [4.78, 5) is 11.8. The lowest BCUT2D eigenvalue weighted by Gasteiger charge is -2.11. The Bertz CT molecular complexity index is 382. The summed E-state index contributed by atoms with van der Waals surface area (Å²) in [6.07, 6.45) is 2.26. The molecule has 4 heteroatoms. The van der Waals surface area contributed by atoms with Gasteiger partial charge in [-0.3, -0.25) is 4.79 Å². The van der Waals surface area contributed by atoms with Crippen LogP contribution in [0.3, 0.4) is 0 Å². The number of amides is 1. The van der Waals surface area contributed by atoms with Crippen LogP contribution in [0.25, 0.3) is 0 Å². The van der Waals surface area contributed by atoms with Gasteiger partial charge in [0.1, 0.15) is 5.75 Å². The zero-order valence-electron chi connectivity index (χ0n) is 10.9. The van der Waals surface area contributed by atoms with Gasteiger partial charge in [0.15, 0.2) is 0 Å². The fourth-order valence-corrected chi connectivity index (χ4v) is 2.02. The molecular formula is C14H20ClNO2. The van der Waals surface area contributed by atoms with Crippen molar-refractivity contribution in [3.05, 3.63) is 29.8 Å². The lowest BCUT2D eigenvalue weighted by molar-refractivity contribution is -0.120. The van der Waals surface area contributed by atoms with Gasteiger partial charge in [-0.05, 0) is 12.5 Å². The molecule has 0 fully saturated rings. The summed E-state index contributed by atoms with van der Waals surface area (Å²) < 4.78 is 5.20. The van der Waals surface area contributed by atoms with E-state index in [1.165, 1.54) is 0 Å². The standard InChI is InChI=1S/C14H20ClNO2/c1-3-6-12(15)10-16-14(17)9-11-7-4-5-8-13(11)18-2/h4-5,7-8,12H,3,6,9-10H2,1-2H3,(H,16,17). The van der Waals surface area contributed by atoms with Crippen LogP contribution in [-0.4, -0.2) is 24.9 Å². The highest BCUT2D eigenvalue weighted by atomic mass is 35.5. The van der Waals surface area contributed by atoms with Crippen LogP contribution in [0.4, 0.5) is 0 Å². The van der Waals surface area contributed by atoms with E-state index < -0.39 is 0 Å². The zero-order valence-corrected chi connectivity index (χ0v) is 11.7. The van der Waals surface area contributed by atoms with Crippen molar-refractivity contribution in [3.63, 3.8) is 0 Å². The van der Waals surface area contributed by atoms with Crippen LogP contribution >= 0.6 is 11.6 Å². The van der Waals surface area contributed by atoms with Crippen molar-refractivity contribution in [1.29, 1.82) is 0 Å². The van der Waals surface area contributed by atoms with Crippen molar-refractivity contribution in [3.8, 4) is 5.75 Å². The summed E-state index contributed by atoms with van der Waals surface area (Å²) in [6, 6.07) is 7.52. The number of alkyl halides is 1. The van der Waals surface area contributed by atoms with E-state index >= 15 is 0 Å². The Balaban J connectivity index is 2.44. The van der Waals surface area contributed by atoms with Crippen LogP contribution in [0.1, 0.15) is 25.3 Å². The molecule has 1 N–H and O–H groups in total. The average Bonchev–Trinajstić information content (AvgIpc) is 2.37. The van der Waals surface area contributed by atoms with Crippen LogP contribution in [0.5, 0.6) is 5.75 Å². The highest BCUT2D eigenvalue weighted by Gasteiger charge is 2.09. The minimum atomic E-state index is -0.0266. The molecule has 18 heavy (non-hydrogen) atoms. The number of hydrogen-bond acceptors (Lipinski definition) is 2. The molecule has 0 saturated carbocycles. The Kier molecular flexibility index (Phi) is 6.58. The van der Waals surface area contributed by atoms with Crippen molar-refractivity contribution in [2.45, 2.75) is 31.6 Å². The second-order valence-electron chi connectivity index (χ2n) is 4.18. The molecule has 0 heterocycles. The minimum absolute atomic E-state index is 0.0108. The molecule has 0 aliphatic carbocycles. The Morgan fingerprint density at radius 3 is 2.83 bits per heavy atom. The summed E-state index contributed by atoms with van der Waals surface area (Å²) in [5, 5.41) is 2.85. The maximum atomic E-state index is 11.8. The van der Waals surface area contributed by atoms with Gasteiger partial charge in [-0.2, -0.15) is 0 Å². The van der Waals surface area contributed by atoms with Crippen molar-refractivity contribution in [2.24, 2.45) is 0 Å². The molecule has 1 rings (SSSR count). The first-order chi connectivity index (χ1) is 8.67. The molecule has 0 aliphatic rings. The summed E-state index contributed by atoms with van der Waals surface area (Å²) >= 11 is 6.05. The van der Waals surface area contributed by atoms with E-state index in [4.69, 9.17) is 16.3 Å². The van der Waals surface area contributed by atoms with E-state index in [1.54, 1.807) is 7.11 Å².